The first kappa shape index (κ1) is 17.6. The molecular weight excluding hydrogens is 368 g/mol. The number of rotatable bonds is 4. The quantitative estimate of drug-likeness (QED) is 0.832. The predicted molar refractivity (Wildman–Crippen MR) is 92.1 cm³/mol. The number of fused-ring (bicyclic) bond motifs is 2. The number of ether oxygens (including phenoxy) is 1. The van der Waals surface area contributed by atoms with Gasteiger partial charge in [-0.15, -0.1) is 12.4 Å². The minimum atomic E-state index is 0. The van der Waals surface area contributed by atoms with E-state index in [0.717, 1.165) is 28.6 Å². The summed E-state index contributed by atoms with van der Waals surface area (Å²) in [5.74, 6) is 1.96. The van der Waals surface area contributed by atoms with E-state index in [-0.39, 0.29) is 30.3 Å². The van der Waals surface area contributed by atoms with Gasteiger partial charge in [0.05, 0.1) is 17.5 Å². The van der Waals surface area contributed by atoms with Crippen molar-refractivity contribution in [1.82, 2.24) is 5.32 Å². The van der Waals surface area contributed by atoms with Gasteiger partial charge in [-0.1, -0.05) is 6.07 Å². The van der Waals surface area contributed by atoms with Gasteiger partial charge in [0.25, 0.3) is 0 Å². The molecule has 2 aliphatic carbocycles. The molecule has 2 bridgehead atoms. The number of amides is 1. The van der Waals surface area contributed by atoms with Gasteiger partial charge in [-0.2, -0.15) is 0 Å². The van der Waals surface area contributed by atoms with Crippen LogP contribution in [0.2, 0.25) is 0 Å². The summed E-state index contributed by atoms with van der Waals surface area (Å²) in [6, 6.07) is 5.88. The standard InChI is InChI=1S/C16H21BrN2O2.ClH/c1-21-13-5-2-9(6-12(13)17)8-19-16(20)14-10-3-4-11(7-10)15(14)18;/h2,5-6,10-11,14-15H,3-4,7-8,18H2,1H3,(H,19,20);1H. The van der Waals surface area contributed by atoms with Gasteiger partial charge in [-0.05, 0) is 64.7 Å². The number of halogens is 2. The highest BCUT2D eigenvalue weighted by molar-refractivity contribution is 9.10. The second-order valence-electron chi connectivity index (χ2n) is 6.12. The van der Waals surface area contributed by atoms with Crippen LogP contribution < -0.4 is 15.8 Å². The maximum atomic E-state index is 12.4. The van der Waals surface area contributed by atoms with E-state index in [1.54, 1.807) is 7.11 Å². The van der Waals surface area contributed by atoms with E-state index in [1.807, 2.05) is 18.2 Å². The lowest BCUT2D eigenvalue weighted by Crippen LogP contribution is -2.45. The van der Waals surface area contributed by atoms with Crippen LogP contribution in [-0.4, -0.2) is 19.1 Å². The SMILES string of the molecule is COc1ccc(CNC(=O)C2C3CCC(C3)C2N)cc1Br.Cl. The molecule has 1 amide bonds. The second-order valence-corrected chi connectivity index (χ2v) is 6.98. The highest BCUT2D eigenvalue weighted by Crippen LogP contribution is 2.47. The largest absolute Gasteiger partial charge is 0.496 e. The molecule has 0 aromatic heterocycles. The van der Waals surface area contributed by atoms with Gasteiger partial charge in [-0.25, -0.2) is 0 Å². The molecule has 2 aliphatic rings. The zero-order chi connectivity index (χ0) is 15.0. The van der Waals surface area contributed by atoms with Crippen LogP contribution in [0.4, 0.5) is 0 Å². The molecule has 3 rings (SSSR count). The Bertz CT molecular complexity index is 553. The van der Waals surface area contributed by atoms with Crippen molar-refractivity contribution >= 4 is 34.2 Å². The molecule has 0 heterocycles. The number of hydrogen-bond acceptors (Lipinski definition) is 3. The minimum absolute atomic E-state index is 0. The average molecular weight is 390 g/mol. The summed E-state index contributed by atoms with van der Waals surface area (Å²) in [7, 11) is 1.64. The fourth-order valence-corrected chi connectivity index (χ4v) is 4.44. The van der Waals surface area contributed by atoms with Crippen LogP contribution in [0.1, 0.15) is 24.8 Å². The highest BCUT2D eigenvalue weighted by atomic mass is 79.9. The first-order valence-corrected chi connectivity index (χ1v) is 8.25. The van der Waals surface area contributed by atoms with Crippen molar-refractivity contribution < 1.29 is 9.53 Å². The van der Waals surface area contributed by atoms with Crippen LogP contribution in [0.5, 0.6) is 5.75 Å². The number of carbonyl (C=O) groups is 1. The van der Waals surface area contributed by atoms with Crippen molar-refractivity contribution in [3.05, 3.63) is 28.2 Å². The summed E-state index contributed by atoms with van der Waals surface area (Å²) in [4.78, 5) is 12.4. The Morgan fingerprint density at radius 1 is 1.41 bits per heavy atom. The molecule has 2 saturated carbocycles. The van der Waals surface area contributed by atoms with Crippen molar-refractivity contribution in [3.8, 4) is 5.75 Å². The van der Waals surface area contributed by atoms with Crippen molar-refractivity contribution in [3.63, 3.8) is 0 Å². The summed E-state index contributed by atoms with van der Waals surface area (Å²) < 4.78 is 6.10. The highest BCUT2D eigenvalue weighted by Gasteiger charge is 2.48. The fraction of sp³-hybridized carbons (Fsp3) is 0.562. The van der Waals surface area contributed by atoms with E-state index >= 15 is 0 Å². The lowest BCUT2D eigenvalue weighted by Gasteiger charge is -2.27. The molecule has 22 heavy (non-hydrogen) atoms. The zero-order valence-corrected chi connectivity index (χ0v) is 15.0. The number of carbonyl (C=O) groups excluding carboxylic acids is 1. The van der Waals surface area contributed by atoms with Crippen LogP contribution in [0.3, 0.4) is 0 Å². The molecule has 4 nitrogen and oxygen atoms in total. The average Bonchev–Trinajstić information content (AvgIpc) is 3.06. The van der Waals surface area contributed by atoms with E-state index in [2.05, 4.69) is 21.2 Å². The maximum absolute atomic E-state index is 12.4. The van der Waals surface area contributed by atoms with Gasteiger partial charge < -0.3 is 15.8 Å². The molecule has 0 spiro atoms. The van der Waals surface area contributed by atoms with Crippen LogP contribution >= 0.6 is 28.3 Å². The Balaban J connectivity index is 0.00000176. The fourth-order valence-electron chi connectivity index (χ4n) is 3.85. The summed E-state index contributed by atoms with van der Waals surface area (Å²) >= 11 is 3.46. The zero-order valence-electron chi connectivity index (χ0n) is 12.5. The summed E-state index contributed by atoms with van der Waals surface area (Å²) in [6.07, 6.45) is 3.49. The lowest BCUT2D eigenvalue weighted by atomic mass is 9.84. The summed E-state index contributed by atoms with van der Waals surface area (Å²) in [6.45, 7) is 0.530. The maximum Gasteiger partial charge on any atom is 0.225 e. The molecule has 4 atom stereocenters. The number of nitrogens with one attached hydrogen (secondary N) is 1. The van der Waals surface area contributed by atoms with Crippen LogP contribution in [0.15, 0.2) is 22.7 Å². The Kier molecular flexibility index (Phi) is 5.75. The van der Waals surface area contributed by atoms with Gasteiger partial charge in [0.15, 0.2) is 0 Å². The first-order chi connectivity index (χ1) is 10.1. The Labute approximate surface area is 145 Å². The van der Waals surface area contributed by atoms with E-state index < -0.39 is 0 Å². The smallest absolute Gasteiger partial charge is 0.225 e. The molecule has 1 aromatic carbocycles. The topological polar surface area (TPSA) is 64.3 Å². The molecule has 0 saturated heterocycles. The number of hydrogen-bond donors (Lipinski definition) is 2. The molecule has 4 unspecified atom stereocenters. The van der Waals surface area contributed by atoms with Gasteiger partial charge in [-0.3, -0.25) is 4.79 Å². The monoisotopic (exact) mass is 388 g/mol. The molecule has 1 aromatic rings. The third kappa shape index (κ3) is 3.26. The van der Waals surface area contributed by atoms with E-state index in [9.17, 15) is 4.79 Å². The van der Waals surface area contributed by atoms with Crippen molar-refractivity contribution in [1.29, 1.82) is 0 Å². The number of methoxy groups -OCH3 is 1. The predicted octanol–water partition coefficient (Wildman–Crippen LogP) is 2.87. The molecule has 0 radical (unpaired) electrons. The number of nitrogens with two attached hydrogens (primary N) is 1. The van der Waals surface area contributed by atoms with E-state index in [1.165, 1.54) is 6.42 Å². The summed E-state index contributed by atoms with van der Waals surface area (Å²) in [5, 5.41) is 3.04. The van der Waals surface area contributed by atoms with Gasteiger partial charge in [0.2, 0.25) is 5.91 Å². The Morgan fingerprint density at radius 2 is 2.14 bits per heavy atom. The molecule has 6 heteroatoms. The minimum Gasteiger partial charge on any atom is -0.496 e. The van der Waals surface area contributed by atoms with Crippen LogP contribution in [0, 0.1) is 17.8 Å². The third-order valence-corrected chi connectivity index (χ3v) is 5.59. The molecule has 122 valence electrons. The van der Waals surface area contributed by atoms with E-state index in [4.69, 9.17) is 10.5 Å². The van der Waals surface area contributed by atoms with Crippen LogP contribution in [-0.2, 0) is 11.3 Å². The van der Waals surface area contributed by atoms with Crippen LogP contribution in [0.25, 0.3) is 0 Å². The first-order valence-electron chi connectivity index (χ1n) is 7.46. The van der Waals surface area contributed by atoms with E-state index in [0.29, 0.717) is 18.4 Å². The Morgan fingerprint density at radius 3 is 2.73 bits per heavy atom. The molecule has 3 N–H and O–H groups in total. The van der Waals surface area contributed by atoms with Gasteiger partial charge in [0.1, 0.15) is 5.75 Å². The molecule has 2 fully saturated rings. The van der Waals surface area contributed by atoms with Crippen molar-refractivity contribution in [2.45, 2.75) is 31.8 Å². The van der Waals surface area contributed by atoms with Gasteiger partial charge >= 0.3 is 0 Å². The summed E-state index contributed by atoms with van der Waals surface area (Å²) in [5.41, 5.74) is 7.26. The number of benzene rings is 1. The second kappa shape index (κ2) is 7.20. The van der Waals surface area contributed by atoms with Crippen molar-refractivity contribution in [2.75, 3.05) is 7.11 Å². The lowest BCUT2D eigenvalue weighted by molar-refractivity contribution is -0.127. The Hall–Kier alpha value is -0.780. The van der Waals surface area contributed by atoms with Crippen molar-refractivity contribution in [2.24, 2.45) is 23.5 Å². The normalized spacial score (nSPS) is 29.0. The third-order valence-electron chi connectivity index (χ3n) is 4.97. The molecule has 0 aliphatic heterocycles. The molecular formula is C16H22BrClN2O2. The van der Waals surface area contributed by atoms with Gasteiger partial charge in [0, 0.05) is 12.6 Å².